The second kappa shape index (κ2) is 6.45. The molecular weight excluding hydrogens is 211 g/mol. The minimum Gasteiger partial charge on any atom is -0.493 e. The zero-order valence-corrected chi connectivity index (χ0v) is 9.32. The third-order valence-electron chi connectivity index (χ3n) is 2.23. The Hall–Kier alpha value is -1.13. The molecule has 1 unspecified atom stereocenters. The van der Waals surface area contributed by atoms with E-state index in [0.29, 0.717) is 24.3 Å². The van der Waals surface area contributed by atoms with Crippen molar-refractivity contribution in [1.29, 1.82) is 0 Å². The summed E-state index contributed by atoms with van der Waals surface area (Å²) in [6.45, 7) is 2.15. The van der Waals surface area contributed by atoms with Crippen LogP contribution in [0.3, 0.4) is 0 Å². The van der Waals surface area contributed by atoms with E-state index < -0.39 is 11.9 Å². The van der Waals surface area contributed by atoms with Gasteiger partial charge in [0.1, 0.15) is 11.6 Å². The van der Waals surface area contributed by atoms with Crippen molar-refractivity contribution >= 4 is 0 Å². The highest BCUT2D eigenvalue weighted by molar-refractivity contribution is 5.35. The molecule has 0 aliphatic heterocycles. The largest absolute Gasteiger partial charge is 0.493 e. The van der Waals surface area contributed by atoms with Crippen molar-refractivity contribution in [3.05, 3.63) is 29.6 Å². The average Bonchev–Trinajstić information content (AvgIpc) is 2.26. The molecule has 90 valence electrons. The van der Waals surface area contributed by atoms with Crippen molar-refractivity contribution in [3.8, 4) is 5.75 Å². The Morgan fingerprint density at radius 3 is 2.75 bits per heavy atom. The molecular formula is C12H17FO3. The molecule has 2 N–H and O–H groups in total. The summed E-state index contributed by atoms with van der Waals surface area (Å²) < 4.78 is 18.4. The van der Waals surface area contributed by atoms with E-state index in [0.717, 1.165) is 6.42 Å². The summed E-state index contributed by atoms with van der Waals surface area (Å²) in [6.07, 6.45) is 0.641. The second-order valence-electron chi connectivity index (χ2n) is 3.64. The maximum atomic E-state index is 13.0. The Morgan fingerprint density at radius 1 is 1.38 bits per heavy atom. The minimum absolute atomic E-state index is 0.135. The number of aliphatic hydroxyl groups is 2. The predicted octanol–water partition coefficient (Wildman–Crippen LogP) is 2.03. The smallest absolute Gasteiger partial charge is 0.125 e. The first kappa shape index (κ1) is 12.9. The van der Waals surface area contributed by atoms with E-state index in [1.54, 1.807) is 6.92 Å². The van der Waals surface area contributed by atoms with Crippen LogP contribution in [0.25, 0.3) is 0 Å². The lowest BCUT2D eigenvalue weighted by molar-refractivity contribution is 0.189. The topological polar surface area (TPSA) is 49.7 Å². The average molecular weight is 228 g/mol. The summed E-state index contributed by atoms with van der Waals surface area (Å²) in [5.74, 6) is 0.105. The number of hydrogen-bond acceptors (Lipinski definition) is 3. The number of hydrogen-bond donors (Lipinski definition) is 2. The van der Waals surface area contributed by atoms with Gasteiger partial charge in [-0.3, -0.25) is 0 Å². The van der Waals surface area contributed by atoms with E-state index >= 15 is 0 Å². The van der Waals surface area contributed by atoms with Crippen LogP contribution in [-0.2, 0) is 0 Å². The second-order valence-corrected chi connectivity index (χ2v) is 3.64. The summed E-state index contributed by atoms with van der Waals surface area (Å²) in [5, 5.41) is 18.0. The van der Waals surface area contributed by atoms with Crippen molar-refractivity contribution in [2.24, 2.45) is 0 Å². The van der Waals surface area contributed by atoms with Gasteiger partial charge in [0, 0.05) is 12.2 Å². The SMILES string of the molecule is CC(O)c1cc(F)ccc1OCCCCO. The molecule has 0 aromatic heterocycles. The molecule has 0 heterocycles. The molecule has 0 fully saturated rings. The van der Waals surface area contributed by atoms with Gasteiger partial charge in [-0.15, -0.1) is 0 Å². The van der Waals surface area contributed by atoms with Crippen LogP contribution in [0.4, 0.5) is 4.39 Å². The molecule has 16 heavy (non-hydrogen) atoms. The van der Waals surface area contributed by atoms with E-state index in [9.17, 15) is 9.50 Å². The van der Waals surface area contributed by atoms with E-state index in [1.165, 1.54) is 18.2 Å². The Morgan fingerprint density at radius 2 is 2.12 bits per heavy atom. The molecule has 0 bridgehead atoms. The van der Waals surface area contributed by atoms with Crippen LogP contribution in [-0.4, -0.2) is 23.4 Å². The molecule has 0 aliphatic carbocycles. The standard InChI is InChI=1S/C12H17FO3/c1-9(15)11-8-10(13)4-5-12(11)16-7-3-2-6-14/h4-5,8-9,14-15H,2-3,6-7H2,1H3. The van der Waals surface area contributed by atoms with Crippen molar-refractivity contribution in [2.45, 2.75) is 25.9 Å². The fourth-order valence-corrected chi connectivity index (χ4v) is 1.37. The Labute approximate surface area is 94.5 Å². The normalized spacial score (nSPS) is 12.5. The third-order valence-corrected chi connectivity index (χ3v) is 2.23. The molecule has 4 heteroatoms. The van der Waals surface area contributed by atoms with Crippen molar-refractivity contribution < 1.29 is 19.3 Å². The summed E-state index contributed by atoms with van der Waals surface area (Å²) in [6, 6.07) is 4.08. The Balaban J connectivity index is 2.64. The van der Waals surface area contributed by atoms with Gasteiger partial charge in [-0.25, -0.2) is 4.39 Å². The summed E-state index contributed by atoms with van der Waals surface area (Å²) in [5.41, 5.74) is 0.448. The van der Waals surface area contributed by atoms with Gasteiger partial charge in [0.05, 0.1) is 12.7 Å². The number of rotatable bonds is 6. The van der Waals surface area contributed by atoms with Crippen LogP contribution in [0, 0.1) is 5.82 Å². The van der Waals surface area contributed by atoms with E-state index in [2.05, 4.69) is 0 Å². The van der Waals surface area contributed by atoms with E-state index in [1.807, 2.05) is 0 Å². The van der Waals surface area contributed by atoms with Crippen LogP contribution in [0.5, 0.6) is 5.75 Å². The molecule has 0 aliphatic rings. The number of ether oxygens (including phenoxy) is 1. The lowest BCUT2D eigenvalue weighted by atomic mass is 10.1. The lowest BCUT2D eigenvalue weighted by Gasteiger charge is -2.13. The number of unbranched alkanes of at least 4 members (excludes halogenated alkanes) is 1. The maximum absolute atomic E-state index is 13.0. The first-order chi connectivity index (χ1) is 7.65. The first-order valence-corrected chi connectivity index (χ1v) is 5.36. The predicted molar refractivity (Wildman–Crippen MR) is 58.8 cm³/mol. The summed E-state index contributed by atoms with van der Waals surface area (Å²) >= 11 is 0. The minimum atomic E-state index is -0.761. The third kappa shape index (κ3) is 3.79. The summed E-state index contributed by atoms with van der Waals surface area (Å²) in [7, 11) is 0. The van der Waals surface area contributed by atoms with Crippen LogP contribution < -0.4 is 4.74 Å². The number of benzene rings is 1. The molecule has 1 atom stereocenters. The van der Waals surface area contributed by atoms with Gasteiger partial charge in [-0.1, -0.05) is 0 Å². The quantitative estimate of drug-likeness (QED) is 0.732. The molecule has 0 saturated carbocycles. The molecule has 1 rings (SSSR count). The van der Waals surface area contributed by atoms with Gasteiger partial charge in [-0.2, -0.15) is 0 Å². The Bertz CT molecular complexity index is 326. The van der Waals surface area contributed by atoms with Crippen LogP contribution in [0.2, 0.25) is 0 Å². The van der Waals surface area contributed by atoms with Gasteiger partial charge >= 0.3 is 0 Å². The molecule has 3 nitrogen and oxygen atoms in total. The van der Waals surface area contributed by atoms with Crippen molar-refractivity contribution in [3.63, 3.8) is 0 Å². The van der Waals surface area contributed by atoms with Gasteiger partial charge in [0.25, 0.3) is 0 Å². The van der Waals surface area contributed by atoms with Gasteiger partial charge in [0.15, 0.2) is 0 Å². The lowest BCUT2D eigenvalue weighted by Crippen LogP contribution is -2.03. The van der Waals surface area contributed by atoms with Crippen LogP contribution in [0.15, 0.2) is 18.2 Å². The molecule has 1 aromatic rings. The fourth-order valence-electron chi connectivity index (χ4n) is 1.37. The molecule has 0 saturated heterocycles. The van der Waals surface area contributed by atoms with Gasteiger partial charge in [0.2, 0.25) is 0 Å². The van der Waals surface area contributed by atoms with E-state index in [-0.39, 0.29) is 6.61 Å². The first-order valence-electron chi connectivity index (χ1n) is 5.36. The van der Waals surface area contributed by atoms with Crippen molar-refractivity contribution in [1.82, 2.24) is 0 Å². The highest BCUT2D eigenvalue weighted by atomic mass is 19.1. The number of aliphatic hydroxyl groups excluding tert-OH is 2. The zero-order valence-electron chi connectivity index (χ0n) is 9.32. The fraction of sp³-hybridized carbons (Fsp3) is 0.500. The molecule has 1 aromatic carbocycles. The zero-order chi connectivity index (χ0) is 12.0. The van der Waals surface area contributed by atoms with Crippen molar-refractivity contribution in [2.75, 3.05) is 13.2 Å². The summed E-state index contributed by atoms with van der Waals surface area (Å²) in [4.78, 5) is 0. The monoisotopic (exact) mass is 228 g/mol. The highest BCUT2D eigenvalue weighted by Crippen LogP contribution is 2.26. The Kier molecular flexibility index (Phi) is 5.22. The number of halogens is 1. The van der Waals surface area contributed by atoms with E-state index in [4.69, 9.17) is 9.84 Å². The molecule has 0 spiro atoms. The van der Waals surface area contributed by atoms with Gasteiger partial charge < -0.3 is 14.9 Å². The van der Waals surface area contributed by atoms with Crippen LogP contribution in [0.1, 0.15) is 31.4 Å². The molecule has 0 amide bonds. The molecule has 0 radical (unpaired) electrons. The highest BCUT2D eigenvalue weighted by Gasteiger charge is 2.10. The van der Waals surface area contributed by atoms with Crippen LogP contribution >= 0.6 is 0 Å². The maximum Gasteiger partial charge on any atom is 0.125 e. The van der Waals surface area contributed by atoms with Gasteiger partial charge in [-0.05, 0) is 38.0 Å².